The van der Waals surface area contributed by atoms with Crippen molar-refractivity contribution in [2.45, 2.75) is 33.6 Å². The molecule has 0 aromatic carbocycles. The van der Waals surface area contributed by atoms with Gasteiger partial charge < -0.3 is 0 Å². The zero-order chi connectivity index (χ0) is 9.07. The van der Waals surface area contributed by atoms with Crippen LogP contribution in [0.2, 0.25) is 0 Å². The third-order valence-corrected chi connectivity index (χ3v) is 1.77. The van der Waals surface area contributed by atoms with Gasteiger partial charge in [-0.2, -0.15) is 0 Å². The fraction of sp³-hybridized carbons (Fsp3) is 0.875. The Hall–Kier alpha value is -0.570. The fourth-order valence-electron chi connectivity index (χ4n) is 1.21. The molecule has 0 fully saturated rings. The molecule has 2 N–H and O–H groups in total. The first kappa shape index (κ1) is 10.4. The smallest absolute Gasteiger partial charge is 0.241 e. The van der Waals surface area contributed by atoms with Crippen molar-refractivity contribution in [3.05, 3.63) is 0 Å². The van der Waals surface area contributed by atoms with E-state index in [4.69, 9.17) is 5.84 Å². The van der Waals surface area contributed by atoms with Crippen LogP contribution in [0, 0.1) is 5.41 Å². The Balaban J connectivity index is 4.17. The van der Waals surface area contributed by atoms with Crippen LogP contribution in [-0.2, 0) is 4.79 Å². The minimum Gasteiger partial charge on any atom is -0.283 e. The summed E-state index contributed by atoms with van der Waals surface area (Å²) in [6.07, 6.45) is 1.89. The lowest BCUT2D eigenvalue weighted by Crippen LogP contribution is -2.42. The lowest BCUT2D eigenvalue weighted by molar-refractivity contribution is -0.139. The van der Waals surface area contributed by atoms with E-state index >= 15 is 0 Å². The van der Waals surface area contributed by atoms with E-state index in [0.29, 0.717) is 0 Å². The lowest BCUT2D eigenvalue weighted by atomic mass is 9.87. The van der Waals surface area contributed by atoms with E-state index in [1.165, 1.54) is 0 Å². The Kier molecular flexibility index (Phi) is 3.52. The second-order valence-electron chi connectivity index (χ2n) is 3.55. The highest BCUT2D eigenvalue weighted by molar-refractivity contribution is 5.81. The largest absolute Gasteiger partial charge is 0.283 e. The molecule has 11 heavy (non-hydrogen) atoms. The summed E-state index contributed by atoms with van der Waals surface area (Å²) in [7, 11) is 1.58. The second-order valence-corrected chi connectivity index (χ2v) is 3.55. The summed E-state index contributed by atoms with van der Waals surface area (Å²) in [5, 5.41) is 1.16. The molecule has 1 amide bonds. The Labute approximate surface area is 68.5 Å². The Morgan fingerprint density at radius 2 is 2.00 bits per heavy atom. The van der Waals surface area contributed by atoms with Crippen LogP contribution in [-0.4, -0.2) is 18.0 Å². The summed E-state index contributed by atoms with van der Waals surface area (Å²) in [5.41, 5.74) is -0.307. The molecule has 0 bridgehead atoms. The second kappa shape index (κ2) is 3.72. The molecule has 0 aliphatic carbocycles. The first-order chi connectivity index (χ1) is 4.91. The highest BCUT2D eigenvalue weighted by Crippen LogP contribution is 2.23. The van der Waals surface area contributed by atoms with Gasteiger partial charge in [0.05, 0.1) is 0 Å². The number of hydrogen-bond acceptors (Lipinski definition) is 2. The van der Waals surface area contributed by atoms with Crippen LogP contribution in [0.1, 0.15) is 33.6 Å². The number of carbonyl (C=O) groups excluding carboxylic acids is 1. The van der Waals surface area contributed by atoms with E-state index < -0.39 is 0 Å². The molecule has 0 aliphatic rings. The number of nitrogens with two attached hydrogens (primary N) is 1. The van der Waals surface area contributed by atoms with Crippen molar-refractivity contribution in [2.24, 2.45) is 11.3 Å². The van der Waals surface area contributed by atoms with Crippen LogP contribution in [0.25, 0.3) is 0 Å². The van der Waals surface area contributed by atoms with E-state index in [9.17, 15) is 4.79 Å². The predicted octanol–water partition coefficient (Wildman–Crippen LogP) is 1.14. The third kappa shape index (κ3) is 2.89. The molecule has 0 heterocycles. The van der Waals surface area contributed by atoms with Gasteiger partial charge in [0.2, 0.25) is 5.91 Å². The molecule has 0 saturated heterocycles. The van der Waals surface area contributed by atoms with E-state index in [-0.39, 0.29) is 11.3 Å². The Bertz CT molecular complexity index is 141. The van der Waals surface area contributed by atoms with Crippen LogP contribution in [0.4, 0.5) is 0 Å². The molecule has 0 radical (unpaired) electrons. The van der Waals surface area contributed by atoms with Gasteiger partial charge in [-0.05, 0) is 6.42 Å². The number of nitrogens with zero attached hydrogens (tertiary/aromatic N) is 1. The van der Waals surface area contributed by atoms with Crippen LogP contribution in [0.3, 0.4) is 0 Å². The lowest BCUT2D eigenvalue weighted by Gasteiger charge is -2.25. The fourth-order valence-corrected chi connectivity index (χ4v) is 1.21. The molecule has 0 aromatic rings. The van der Waals surface area contributed by atoms with Gasteiger partial charge >= 0.3 is 0 Å². The summed E-state index contributed by atoms with van der Waals surface area (Å²) in [6, 6.07) is 0. The van der Waals surface area contributed by atoms with Gasteiger partial charge in [0.15, 0.2) is 0 Å². The molecule has 3 heteroatoms. The van der Waals surface area contributed by atoms with Crippen LogP contribution >= 0.6 is 0 Å². The van der Waals surface area contributed by atoms with Gasteiger partial charge in [0.25, 0.3) is 0 Å². The topological polar surface area (TPSA) is 46.3 Å². The molecule has 0 unspecified atom stereocenters. The first-order valence-corrected chi connectivity index (χ1v) is 3.94. The van der Waals surface area contributed by atoms with Crippen molar-refractivity contribution < 1.29 is 4.79 Å². The van der Waals surface area contributed by atoms with Gasteiger partial charge in [-0.25, -0.2) is 5.84 Å². The van der Waals surface area contributed by atoms with E-state index in [0.717, 1.165) is 17.9 Å². The van der Waals surface area contributed by atoms with E-state index in [1.54, 1.807) is 7.05 Å². The van der Waals surface area contributed by atoms with Crippen molar-refractivity contribution in [1.82, 2.24) is 5.01 Å². The Morgan fingerprint density at radius 3 is 2.27 bits per heavy atom. The SMILES string of the molecule is CCCC(C)(C)C(=O)N(C)N. The highest BCUT2D eigenvalue weighted by Gasteiger charge is 2.27. The molecule has 0 rings (SSSR count). The molecule has 0 aliphatic heterocycles. The maximum absolute atomic E-state index is 11.4. The quantitative estimate of drug-likeness (QED) is 0.380. The van der Waals surface area contributed by atoms with Crippen molar-refractivity contribution in [2.75, 3.05) is 7.05 Å². The molecular weight excluding hydrogens is 140 g/mol. The van der Waals surface area contributed by atoms with Crippen molar-refractivity contribution in [1.29, 1.82) is 0 Å². The molecule has 66 valence electrons. The van der Waals surface area contributed by atoms with Crippen LogP contribution in [0.5, 0.6) is 0 Å². The van der Waals surface area contributed by atoms with Gasteiger partial charge in [-0.1, -0.05) is 27.2 Å². The zero-order valence-electron chi connectivity index (χ0n) is 7.85. The van der Waals surface area contributed by atoms with Gasteiger partial charge in [0.1, 0.15) is 0 Å². The first-order valence-electron chi connectivity index (χ1n) is 3.94. The monoisotopic (exact) mass is 158 g/mol. The third-order valence-electron chi connectivity index (χ3n) is 1.77. The van der Waals surface area contributed by atoms with Gasteiger partial charge in [0, 0.05) is 12.5 Å². The minimum atomic E-state index is -0.307. The highest BCUT2D eigenvalue weighted by atomic mass is 16.2. The van der Waals surface area contributed by atoms with E-state index in [2.05, 4.69) is 6.92 Å². The molecule has 3 nitrogen and oxygen atoms in total. The standard InChI is InChI=1S/C8H18N2O/c1-5-6-8(2,3)7(11)10(4)9/h5-6,9H2,1-4H3. The summed E-state index contributed by atoms with van der Waals surface area (Å²) < 4.78 is 0. The average molecular weight is 158 g/mol. The Morgan fingerprint density at radius 1 is 1.55 bits per heavy atom. The van der Waals surface area contributed by atoms with Crippen molar-refractivity contribution in [3.63, 3.8) is 0 Å². The van der Waals surface area contributed by atoms with Gasteiger partial charge in [-0.15, -0.1) is 0 Å². The predicted molar refractivity (Wildman–Crippen MR) is 45.6 cm³/mol. The van der Waals surface area contributed by atoms with Crippen molar-refractivity contribution >= 4 is 5.91 Å². The molecule has 0 saturated carbocycles. The van der Waals surface area contributed by atoms with Crippen molar-refractivity contribution in [3.8, 4) is 0 Å². The minimum absolute atomic E-state index is 0.000602. The summed E-state index contributed by atoms with van der Waals surface area (Å²) in [5.74, 6) is 5.34. The number of hydrazine groups is 1. The maximum atomic E-state index is 11.4. The van der Waals surface area contributed by atoms with Crippen LogP contribution < -0.4 is 5.84 Å². The number of rotatable bonds is 3. The normalized spacial score (nSPS) is 11.4. The number of amides is 1. The molecule has 0 atom stereocenters. The number of carbonyl (C=O) groups is 1. The van der Waals surface area contributed by atoms with Crippen LogP contribution in [0.15, 0.2) is 0 Å². The summed E-state index contributed by atoms with van der Waals surface area (Å²) in [6.45, 7) is 5.90. The average Bonchev–Trinajstić information content (AvgIpc) is 1.86. The number of hydrogen-bond donors (Lipinski definition) is 1. The molecule has 0 spiro atoms. The van der Waals surface area contributed by atoms with Gasteiger partial charge in [-0.3, -0.25) is 9.80 Å². The zero-order valence-corrected chi connectivity index (χ0v) is 7.85. The van der Waals surface area contributed by atoms with E-state index in [1.807, 2.05) is 13.8 Å². The summed E-state index contributed by atoms with van der Waals surface area (Å²) >= 11 is 0. The summed E-state index contributed by atoms with van der Waals surface area (Å²) in [4.78, 5) is 11.4. The maximum Gasteiger partial charge on any atom is 0.241 e. The molecular formula is C8H18N2O. The molecule has 0 aromatic heterocycles.